The molecule has 0 aliphatic carbocycles. The van der Waals surface area contributed by atoms with Crippen molar-refractivity contribution in [2.24, 2.45) is 0 Å². The number of fused-ring (bicyclic) bond motifs is 1. The van der Waals surface area contributed by atoms with Gasteiger partial charge in [-0.15, -0.1) is 0 Å². The van der Waals surface area contributed by atoms with Gasteiger partial charge in [-0.1, -0.05) is 0 Å². The summed E-state index contributed by atoms with van der Waals surface area (Å²) in [6.45, 7) is 0. The molecule has 0 aliphatic rings. The third-order valence-corrected chi connectivity index (χ3v) is 3.18. The van der Waals surface area contributed by atoms with Crippen LogP contribution in [0.25, 0.3) is 10.9 Å². The van der Waals surface area contributed by atoms with Crippen LogP contribution in [0.2, 0.25) is 0 Å². The largest absolute Gasteiger partial charge is 0.609 e. The van der Waals surface area contributed by atoms with E-state index in [4.69, 9.17) is 0 Å². The average molecular weight is 319 g/mol. The molecule has 0 aliphatic heterocycles. The van der Waals surface area contributed by atoms with Gasteiger partial charge in [0.25, 0.3) is 0 Å². The third kappa shape index (κ3) is 1.82. The van der Waals surface area contributed by atoms with Gasteiger partial charge in [0.2, 0.25) is 0 Å². The molecule has 0 N–H and O–H groups in total. The van der Waals surface area contributed by atoms with Crippen molar-refractivity contribution in [3.05, 3.63) is 22.2 Å². The molecule has 2 rings (SSSR count). The molecule has 6 heteroatoms. The Hall–Kier alpha value is -0.470. The standard InChI is InChI=1S/C8H6IN3OS/c1-14(13)8-11-3-5-2-10-4-6(9)7(5)12-8/h2-4H,1H3. The van der Waals surface area contributed by atoms with E-state index in [1.54, 1.807) is 24.8 Å². The number of hydrogen-bond acceptors (Lipinski definition) is 4. The lowest BCUT2D eigenvalue weighted by Gasteiger charge is -2.03. The second-order valence-corrected chi connectivity index (χ2v) is 5.10. The first kappa shape index (κ1) is 10.1. The third-order valence-electron chi connectivity index (χ3n) is 1.68. The highest BCUT2D eigenvalue weighted by atomic mass is 127. The first-order chi connectivity index (χ1) is 6.68. The van der Waals surface area contributed by atoms with Crippen LogP contribution in [0.5, 0.6) is 0 Å². The molecule has 1 unspecified atom stereocenters. The van der Waals surface area contributed by atoms with Gasteiger partial charge in [0.15, 0.2) is 0 Å². The van der Waals surface area contributed by atoms with Crippen LogP contribution in [-0.4, -0.2) is 25.8 Å². The minimum atomic E-state index is -1.14. The molecule has 1 atom stereocenters. The van der Waals surface area contributed by atoms with Gasteiger partial charge in [-0.2, -0.15) is 9.97 Å². The maximum absolute atomic E-state index is 11.2. The number of nitrogens with zero attached hydrogens (tertiary/aromatic N) is 3. The van der Waals surface area contributed by atoms with Crippen LogP contribution in [0.3, 0.4) is 0 Å². The summed E-state index contributed by atoms with van der Waals surface area (Å²) in [6.07, 6.45) is 6.63. The molecule has 0 aromatic carbocycles. The van der Waals surface area contributed by atoms with Crippen LogP contribution in [0.15, 0.2) is 23.7 Å². The van der Waals surface area contributed by atoms with E-state index in [0.717, 1.165) is 14.5 Å². The predicted molar refractivity (Wildman–Crippen MR) is 62.4 cm³/mol. The Balaban J connectivity index is 2.70. The molecule has 14 heavy (non-hydrogen) atoms. The van der Waals surface area contributed by atoms with Crippen molar-refractivity contribution in [2.75, 3.05) is 6.26 Å². The van der Waals surface area contributed by atoms with Crippen LogP contribution >= 0.6 is 22.6 Å². The maximum atomic E-state index is 11.2. The number of rotatable bonds is 1. The van der Waals surface area contributed by atoms with Crippen LogP contribution in [0.4, 0.5) is 0 Å². The quantitative estimate of drug-likeness (QED) is 0.452. The molecule has 0 amide bonds. The number of hydrogen-bond donors (Lipinski definition) is 0. The number of pyridine rings is 1. The zero-order chi connectivity index (χ0) is 10.1. The molecule has 0 fully saturated rings. The Bertz CT molecular complexity index is 477. The molecule has 2 aromatic heterocycles. The van der Waals surface area contributed by atoms with Gasteiger partial charge >= 0.3 is 5.16 Å². The number of aromatic nitrogens is 3. The van der Waals surface area contributed by atoms with Crippen molar-refractivity contribution in [3.8, 4) is 0 Å². The highest BCUT2D eigenvalue weighted by Crippen LogP contribution is 2.17. The topological polar surface area (TPSA) is 61.7 Å². The Kier molecular flexibility index (Phi) is 2.84. The summed E-state index contributed by atoms with van der Waals surface area (Å²) >= 11 is 1.01. The minimum Gasteiger partial charge on any atom is -0.609 e. The number of halogens is 1. The van der Waals surface area contributed by atoms with Gasteiger partial charge in [0, 0.05) is 35.2 Å². The van der Waals surface area contributed by atoms with Crippen molar-refractivity contribution in [1.29, 1.82) is 0 Å². The Morgan fingerprint density at radius 1 is 1.36 bits per heavy atom. The van der Waals surface area contributed by atoms with E-state index in [0.29, 0.717) is 5.16 Å². The molecular formula is C8H6IN3OS. The molecule has 0 saturated carbocycles. The van der Waals surface area contributed by atoms with Crippen LogP contribution in [-0.2, 0) is 11.2 Å². The zero-order valence-electron chi connectivity index (χ0n) is 7.27. The second kappa shape index (κ2) is 3.95. The average Bonchev–Trinajstić information content (AvgIpc) is 2.18. The molecule has 0 radical (unpaired) electrons. The van der Waals surface area contributed by atoms with E-state index >= 15 is 0 Å². The lowest BCUT2D eigenvalue weighted by molar-refractivity contribution is 0.592. The summed E-state index contributed by atoms with van der Waals surface area (Å²) in [6, 6.07) is 0. The normalized spacial score (nSPS) is 13.1. The first-order valence-electron chi connectivity index (χ1n) is 3.78. The first-order valence-corrected chi connectivity index (χ1v) is 6.42. The smallest absolute Gasteiger partial charge is 0.343 e. The summed E-state index contributed by atoms with van der Waals surface area (Å²) in [4.78, 5) is 12.2. The highest BCUT2D eigenvalue weighted by Gasteiger charge is 2.10. The van der Waals surface area contributed by atoms with Crippen LogP contribution in [0.1, 0.15) is 0 Å². The maximum Gasteiger partial charge on any atom is 0.343 e. The fourth-order valence-electron chi connectivity index (χ4n) is 1.04. The predicted octanol–water partition coefficient (Wildman–Crippen LogP) is 1.37. The summed E-state index contributed by atoms with van der Waals surface area (Å²) in [5, 5.41) is 1.23. The van der Waals surface area contributed by atoms with E-state index in [1.807, 2.05) is 0 Å². The fourth-order valence-corrected chi connectivity index (χ4v) is 2.06. The lowest BCUT2D eigenvalue weighted by Crippen LogP contribution is -2.04. The van der Waals surface area contributed by atoms with Crippen molar-refractivity contribution in [1.82, 2.24) is 15.0 Å². The van der Waals surface area contributed by atoms with Crippen molar-refractivity contribution < 1.29 is 4.55 Å². The fraction of sp³-hybridized carbons (Fsp3) is 0.125. The van der Waals surface area contributed by atoms with Crippen molar-refractivity contribution in [3.63, 3.8) is 0 Å². The van der Waals surface area contributed by atoms with E-state index in [1.165, 1.54) is 0 Å². The Morgan fingerprint density at radius 2 is 2.14 bits per heavy atom. The zero-order valence-corrected chi connectivity index (χ0v) is 10.2. The molecule has 2 aromatic rings. The van der Waals surface area contributed by atoms with Gasteiger partial charge in [-0.3, -0.25) is 4.98 Å². The molecule has 4 nitrogen and oxygen atoms in total. The minimum absolute atomic E-state index is 0.363. The van der Waals surface area contributed by atoms with Gasteiger partial charge in [-0.25, -0.2) is 0 Å². The van der Waals surface area contributed by atoms with Gasteiger partial charge in [-0.05, 0) is 22.6 Å². The second-order valence-electron chi connectivity index (χ2n) is 2.67. The molecule has 72 valence electrons. The van der Waals surface area contributed by atoms with E-state index < -0.39 is 11.2 Å². The van der Waals surface area contributed by atoms with Crippen molar-refractivity contribution >= 4 is 44.7 Å². The summed E-state index contributed by atoms with van der Waals surface area (Å²) in [7, 11) is 0. The SMILES string of the molecule is C[S+]([O-])c1ncc2cncc(I)c2n1. The summed E-state index contributed by atoms with van der Waals surface area (Å²) in [5.74, 6) is 0. The lowest BCUT2D eigenvalue weighted by atomic mass is 10.3. The van der Waals surface area contributed by atoms with Crippen LogP contribution < -0.4 is 0 Å². The molecule has 0 spiro atoms. The van der Waals surface area contributed by atoms with E-state index in [-0.39, 0.29) is 0 Å². The summed E-state index contributed by atoms with van der Waals surface area (Å²) < 4.78 is 12.1. The molecule has 0 saturated heterocycles. The molecule has 0 bridgehead atoms. The van der Waals surface area contributed by atoms with E-state index in [9.17, 15) is 4.55 Å². The van der Waals surface area contributed by atoms with E-state index in [2.05, 4.69) is 37.5 Å². The van der Waals surface area contributed by atoms with Gasteiger partial charge in [0.05, 0.1) is 9.09 Å². The van der Waals surface area contributed by atoms with Crippen molar-refractivity contribution in [2.45, 2.75) is 5.16 Å². The Morgan fingerprint density at radius 3 is 2.86 bits per heavy atom. The monoisotopic (exact) mass is 319 g/mol. The van der Waals surface area contributed by atoms with Gasteiger partial charge in [0.1, 0.15) is 6.26 Å². The molecule has 2 heterocycles. The van der Waals surface area contributed by atoms with Crippen LogP contribution in [0, 0.1) is 3.57 Å². The Labute approximate surface area is 97.5 Å². The highest BCUT2D eigenvalue weighted by molar-refractivity contribution is 14.1. The summed E-state index contributed by atoms with van der Waals surface area (Å²) in [5.41, 5.74) is 0.806. The van der Waals surface area contributed by atoms with Gasteiger partial charge < -0.3 is 4.55 Å². The molecular weight excluding hydrogens is 313 g/mol.